The summed E-state index contributed by atoms with van der Waals surface area (Å²) in [6.45, 7) is 6.14. The first-order valence-corrected chi connectivity index (χ1v) is 7.23. The van der Waals surface area contributed by atoms with Crippen molar-refractivity contribution in [3.05, 3.63) is 27.9 Å². The van der Waals surface area contributed by atoms with Crippen LogP contribution in [-0.4, -0.2) is 16.1 Å². The molecule has 5 nitrogen and oxygen atoms in total. The van der Waals surface area contributed by atoms with E-state index in [9.17, 15) is 4.79 Å². The first-order chi connectivity index (χ1) is 9.53. The molecule has 0 radical (unpaired) electrons. The van der Waals surface area contributed by atoms with Crippen LogP contribution in [0.4, 0.5) is 0 Å². The smallest absolute Gasteiger partial charge is 0.256 e. The van der Waals surface area contributed by atoms with E-state index in [1.165, 1.54) is 0 Å². The monoisotopic (exact) mass is 274 g/mol. The average molecular weight is 274 g/mol. The fourth-order valence-electron chi connectivity index (χ4n) is 2.45. The molecule has 1 aromatic rings. The van der Waals surface area contributed by atoms with Crippen LogP contribution in [0, 0.1) is 16.7 Å². The molecule has 2 heterocycles. The number of nitrogens with one attached hydrogen (secondary N) is 1. The third kappa shape index (κ3) is 3.45. The Bertz CT molecular complexity index is 568. The quantitative estimate of drug-likeness (QED) is 0.828. The molecule has 0 bridgehead atoms. The van der Waals surface area contributed by atoms with Crippen molar-refractivity contribution in [1.29, 1.82) is 5.26 Å². The Morgan fingerprint density at radius 3 is 3.05 bits per heavy atom. The molecule has 0 atom stereocenters. The maximum Gasteiger partial charge on any atom is 0.256 e. The summed E-state index contributed by atoms with van der Waals surface area (Å²) in [5, 5.41) is 12.2. The molecule has 0 saturated carbocycles. The minimum atomic E-state index is -0.273. The van der Waals surface area contributed by atoms with Gasteiger partial charge in [0.25, 0.3) is 5.56 Å². The summed E-state index contributed by atoms with van der Waals surface area (Å²) in [7, 11) is 0. The van der Waals surface area contributed by atoms with Crippen molar-refractivity contribution < 1.29 is 0 Å². The van der Waals surface area contributed by atoms with E-state index >= 15 is 0 Å². The van der Waals surface area contributed by atoms with E-state index in [0.717, 1.165) is 43.5 Å². The van der Waals surface area contributed by atoms with E-state index in [0.29, 0.717) is 13.1 Å². The Balaban J connectivity index is 1.94. The number of nitrogens with zero attached hydrogens (tertiary/aromatic N) is 3. The van der Waals surface area contributed by atoms with Gasteiger partial charge in [-0.25, -0.2) is 4.98 Å². The first kappa shape index (κ1) is 14.7. The second-order valence-electron chi connectivity index (χ2n) is 6.05. The highest BCUT2D eigenvalue weighted by Crippen LogP contribution is 2.21. The molecule has 108 valence electrons. The lowest BCUT2D eigenvalue weighted by molar-refractivity contribution is 0.414. The molecular formula is C15H22N4O. The third-order valence-corrected chi connectivity index (χ3v) is 3.82. The summed E-state index contributed by atoms with van der Waals surface area (Å²) in [6.07, 6.45) is 5.14. The van der Waals surface area contributed by atoms with Crippen molar-refractivity contribution in [3.8, 4) is 6.07 Å². The van der Waals surface area contributed by atoms with Crippen LogP contribution in [0.3, 0.4) is 0 Å². The van der Waals surface area contributed by atoms with Crippen molar-refractivity contribution in [2.75, 3.05) is 6.54 Å². The summed E-state index contributed by atoms with van der Waals surface area (Å²) >= 11 is 0. The molecule has 1 aliphatic heterocycles. The van der Waals surface area contributed by atoms with Crippen LogP contribution in [0.2, 0.25) is 0 Å². The van der Waals surface area contributed by atoms with Gasteiger partial charge >= 0.3 is 0 Å². The van der Waals surface area contributed by atoms with Gasteiger partial charge in [-0.3, -0.25) is 9.36 Å². The van der Waals surface area contributed by atoms with E-state index in [2.05, 4.69) is 16.4 Å². The molecule has 1 aromatic heterocycles. The first-order valence-electron chi connectivity index (χ1n) is 7.23. The summed E-state index contributed by atoms with van der Waals surface area (Å²) in [5.74, 6) is 0. The minimum absolute atomic E-state index is 0.107. The van der Waals surface area contributed by atoms with Crippen molar-refractivity contribution in [2.45, 2.75) is 52.6 Å². The fraction of sp³-hybridized carbons (Fsp3) is 0.667. The molecule has 0 aromatic carbocycles. The van der Waals surface area contributed by atoms with Gasteiger partial charge in [0.05, 0.1) is 23.5 Å². The molecule has 0 unspecified atom stereocenters. The zero-order valence-electron chi connectivity index (χ0n) is 12.3. The second-order valence-corrected chi connectivity index (χ2v) is 6.05. The number of aromatic nitrogens is 2. The van der Waals surface area contributed by atoms with Crippen molar-refractivity contribution in [2.24, 2.45) is 5.41 Å². The van der Waals surface area contributed by atoms with Crippen LogP contribution < -0.4 is 10.9 Å². The number of aryl methyl sites for hydroxylation is 1. The van der Waals surface area contributed by atoms with Gasteiger partial charge in [-0.15, -0.1) is 0 Å². The Labute approximate surface area is 119 Å². The average Bonchev–Trinajstić information content (AvgIpc) is 2.46. The summed E-state index contributed by atoms with van der Waals surface area (Å²) < 4.78 is 1.71. The molecule has 2 rings (SSSR count). The van der Waals surface area contributed by atoms with Crippen LogP contribution in [0.1, 0.15) is 44.4 Å². The molecule has 5 heteroatoms. The molecule has 0 amide bonds. The Hall–Kier alpha value is -1.67. The lowest BCUT2D eigenvalue weighted by Gasteiger charge is -2.17. The second kappa shape index (κ2) is 6.19. The number of unbranched alkanes of at least 4 members (excludes halogenated alkanes) is 1. The van der Waals surface area contributed by atoms with Crippen molar-refractivity contribution in [1.82, 2.24) is 14.9 Å². The lowest BCUT2D eigenvalue weighted by atomic mass is 9.89. The van der Waals surface area contributed by atoms with E-state index in [1.807, 2.05) is 13.8 Å². The molecular weight excluding hydrogens is 252 g/mol. The maximum atomic E-state index is 12.3. The third-order valence-electron chi connectivity index (χ3n) is 3.82. The SMILES string of the molecule is CC(C)(C#N)CCCCn1cnc2c(c1=O)CCNC2. The summed E-state index contributed by atoms with van der Waals surface area (Å²) in [4.78, 5) is 16.7. The van der Waals surface area contributed by atoms with E-state index in [4.69, 9.17) is 5.26 Å². The standard InChI is InChI=1S/C15H22N4O/c1-15(2,10-16)6-3-4-8-19-11-18-13-9-17-7-5-12(13)14(19)20/h11,17H,3-9H2,1-2H3. The number of nitriles is 1. The Kier molecular flexibility index (Phi) is 4.56. The molecule has 0 saturated heterocycles. The van der Waals surface area contributed by atoms with Crippen molar-refractivity contribution >= 4 is 0 Å². The lowest BCUT2D eigenvalue weighted by Crippen LogP contribution is -2.34. The normalized spacial score (nSPS) is 14.7. The largest absolute Gasteiger partial charge is 0.311 e. The van der Waals surface area contributed by atoms with Crippen LogP contribution in [0.5, 0.6) is 0 Å². The van der Waals surface area contributed by atoms with E-state index in [1.54, 1.807) is 10.9 Å². The fourth-order valence-corrected chi connectivity index (χ4v) is 2.45. The van der Waals surface area contributed by atoms with Gasteiger partial charge in [-0.2, -0.15) is 5.26 Å². The van der Waals surface area contributed by atoms with Gasteiger partial charge in [0.2, 0.25) is 0 Å². The topological polar surface area (TPSA) is 70.7 Å². The Morgan fingerprint density at radius 2 is 2.30 bits per heavy atom. The number of fused-ring (bicyclic) bond motifs is 1. The van der Waals surface area contributed by atoms with Crippen LogP contribution >= 0.6 is 0 Å². The van der Waals surface area contributed by atoms with Crippen LogP contribution in [0.15, 0.2) is 11.1 Å². The van der Waals surface area contributed by atoms with Gasteiger partial charge in [0.15, 0.2) is 0 Å². The van der Waals surface area contributed by atoms with Gasteiger partial charge in [-0.05, 0) is 39.7 Å². The van der Waals surface area contributed by atoms with Crippen LogP contribution in [0.25, 0.3) is 0 Å². The van der Waals surface area contributed by atoms with Crippen LogP contribution in [-0.2, 0) is 19.5 Å². The number of rotatable bonds is 5. The predicted molar refractivity (Wildman–Crippen MR) is 77.2 cm³/mol. The molecule has 1 N–H and O–H groups in total. The van der Waals surface area contributed by atoms with Gasteiger partial charge < -0.3 is 5.32 Å². The van der Waals surface area contributed by atoms with Crippen molar-refractivity contribution in [3.63, 3.8) is 0 Å². The highest BCUT2D eigenvalue weighted by Gasteiger charge is 2.17. The highest BCUT2D eigenvalue weighted by molar-refractivity contribution is 5.19. The summed E-state index contributed by atoms with van der Waals surface area (Å²) in [6, 6.07) is 2.30. The van der Waals surface area contributed by atoms with E-state index < -0.39 is 0 Å². The van der Waals surface area contributed by atoms with E-state index in [-0.39, 0.29) is 11.0 Å². The highest BCUT2D eigenvalue weighted by atomic mass is 16.1. The zero-order chi connectivity index (χ0) is 14.6. The Morgan fingerprint density at radius 1 is 1.50 bits per heavy atom. The number of hydrogen-bond acceptors (Lipinski definition) is 4. The number of hydrogen-bond donors (Lipinski definition) is 1. The predicted octanol–water partition coefficient (Wildman–Crippen LogP) is 1.61. The molecule has 0 fully saturated rings. The molecule has 20 heavy (non-hydrogen) atoms. The minimum Gasteiger partial charge on any atom is -0.311 e. The summed E-state index contributed by atoms with van der Waals surface area (Å²) in [5.41, 5.74) is 1.59. The zero-order valence-corrected chi connectivity index (χ0v) is 12.3. The molecule has 1 aliphatic rings. The van der Waals surface area contributed by atoms with Gasteiger partial charge in [0, 0.05) is 18.7 Å². The molecule has 0 aliphatic carbocycles. The van der Waals surface area contributed by atoms with Gasteiger partial charge in [-0.1, -0.05) is 6.42 Å². The maximum absolute atomic E-state index is 12.3. The molecule has 0 spiro atoms. The van der Waals surface area contributed by atoms with Gasteiger partial charge in [0.1, 0.15) is 0 Å².